The van der Waals surface area contributed by atoms with Gasteiger partial charge in [0.05, 0.1) is 11.0 Å². The number of nitrogens with zero attached hydrogens (tertiary/aromatic N) is 2. The van der Waals surface area contributed by atoms with Crippen LogP contribution in [0.2, 0.25) is 5.28 Å². The molecule has 2 nitrogen and oxygen atoms in total. The number of hydrogen-bond acceptors (Lipinski definition) is 1. The van der Waals surface area contributed by atoms with Gasteiger partial charge in [0.25, 0.3) is 0 Å². The molecule has 0 N–H and O–H groups in total. The van der Waals surface area contributed by atoms with Crippen LogP contribution in [0, 0.1) is 6.92 Å². The van der Waals surface area contributed by atoms with E-state index >= 15 is 0 Å². The van der Waals surface area contributed by atoms with Crippen molar-refractivity contribution in [1.82, 2.24) is 9.55 Å². The fraction of sp³-hybridized carbons (Fsp3) is 0.417. The van der Waals surface area contributed by atoms with Gasteiger partial charge in [0, 0.05) is 5.54 Å². The van der Waals surface area contributed by atoms with Gasteiger partial charge in [0.15, 0.2) is 0 Å². The number of fused-ring (bicyclic) bond motifs is 1. The van der Waals surface area contributed by atoms with E-state index < -0.39 is 0 Å². The molecule has 1 aromatic carbocycles. The summed E-state index contributed by atoms with van der Waals surface area (Å²) in [4.78, 5) is 4.35. The quantitative estimate of drug-likeness (QED) is 0.664. The molecule has 2 aromatic rings. The smallest absolute Gasteiger partial charge is 0.204 e. The van der Waals surface area contributed by atoms with Gasteiger partial charge in [0.2, 0.25) is 5.28 Å². The van der Waals surface area contributed by atoms with E-state index in [1.54, 1.807) is 0 Å². The summed E-state index contributed by atoms with van der Waals surface area (Å²) in [5.41, 5.74) is 3.25. The van der Waals surface area contributed by atoms with Gasteiger partial charge in [-0.05, 0) is 57.0 Å². The molecule has 3 heteroatoms. The minimum absolute atomic E-state index is 0.0420. The Hall–Kier alpha value is -1.02. The third-order valence-corrected chi connectivity index (χ3v) is 2.69. The van der Waals surface area contributed by atoms with E-state index in [0.717, 1.165) is 11.0 Å². The molecule has 0 atom stereocenters. The van der Waals surface area contributed by atoms with Crippen LogP contribution in [0.1, 0.15) is 26.3 Å². The van der Waals surface area contributed by atoms with Gasteiger partial charge in [-0.25, -0.2) is 4.98 Å². The van der Waals surface area contributed by atoms with E-state index in [0.29, 0.717) is 5.28 Å². The minimum Gasteiger partial charge on any atom is -0.309 e. The number of halogens is 1. The third kappa shape index (κ3) is 1.74. The molecule has 0 aliphatic heterocycles. The van der Waals surface area contributed by atoms with Crippen LogP contribution in [0.4, 0.5) is 0 Å². The van der Waals surface area contributed by atoms with Crippen molar-refractivity contribution in [1.29, 1.82) is 0 Å². The Morgan fingerprint density at radius 1 is 1.27 bits per heavy atom. The van der Waals surface area contributed by atoms with Gasteiger partial charge >= 0.3 is 0 Å². The summed E-state index contributed by atoms with van der Waals surface area (Å²) in [6.45, 7) is 8.46. The Balaban J connectivity index is 2.82. The van der Waals surface area contributed by atoms with Gasteiger partial charge in [-0.3, -0.25) is 0 Å². The Bertz CT molecular complexity index is 506. The summed E-state index contributed by atoms with van der Waals surface area (Å²) < 4.78 is 2.07. The molecule has 80 valence electrons. The molecule has 0 spiro atoms. The topological polar surface area (TPSA) is 17.8 Å². The van der Waals surface area contributed by atoms with Crippen molar-refractivity contribution in [3.63, 3.8) is 0 Å². The molecular weight excluding hydrogens is 208 g/mol. The second-order valence-electron chi connectivity index (χ2n) is 4.88. The van der Waals surface area contributed by atoms with Crippen LogP contribution in [-0.4, -0.2) is 9.55 Å². The molecule has 0 amide bonds. The lowest BCUT2D eigenvalue weighted by atomic mass is 10.1. The molecule has 0 saturated carbocycles. The van der Waals surface area contributed by atoms with Crippen LogP contribution >= 0.6 is 11.6 Å². The molecule has 15 heavy (non-hydrogen) atoms. The zero-order valence-electron chi connectivity index (χ0n) is 9.50. The fourth-order valence-corrected chi connectivity index (χ4v) is 2.23. The lowest BCUT2D eigenvalue weighted by Crippen LogP contribution is -2.21. The largest absolute Gasteiger partial charge is 0.309 e. The van der Waals surface area contributed by atoms with E-state index in [1.807, 2.05) is 6.07 Å². The molecule has 1 aromatic heterocycles. The van der Waals surface area contributed by atoms with Crippen LogP contribution in [0.5, 0.6) is 0 Å². The van der Waals surface area contributed by atoms with Crippen LogP contribution < -0.4 is 0 Å². The molecule has 0 unspecified atom stereocenters. The zero-order valence-corrected chi connectivity index (χ0v) is 10.3. The maximum atomic E-state index is 6.16. The molecule has 0 bridgehead atoms. The van der Waals surface area contributed by atoms with Gasteiger partial charge in [-0.15, -0.1) is 0 Å². The summed E-state index contributed by atoms with van der Waals surface area (Å²) >= 11 is 6.16. The van der Waals surface area contributed by atoms with E-state index in [-0.39, 0.29) is 5.54 Å². The summed E-state index contributed by atoms with van der Waals surface area (Å²) in [5, 5.41) is 0.558. The molecular formula is C12H15ClN2. The molecule has 0 aliphatic rings. The first-order chi connectivity index (χ1) is 6.89. The number of hydrogen-bond donors (Lipinski definition) is 0. The number of imidazole rings is 1. The maximum absolute atomic E-state index is 6.16. The number of benzene rings is 1. The molecule has 1 heterocycles. The highest BCUT2D eigenvalue weighted by molar-refractivity contribution is 6.29. The summed E-state index contributed by atoms with van der Waals surface area (Å²) in [6.07, 6.45) is 0. The van der Waals surface area contributed by atoms with Crippen LogP contribution in [-0.2, 0) is 5.54 Å². The van der Waals surface area contributed by atoms with E-state index in [9.17, 15) is 0 Å². The first kappa shape index (κ1) is 10.5. The fourth-order valence-electron chi connectivity index (χ4n) is 1.79. The highest BCUT2D eigenvalue weighted by Gasteiger charge is 2.20. The third-order valence-electron chi connectivity index (χ3n) is 2.44. The highest BCUT2D eigenvalue weighted by Crippen LogP contribution is 2.28. The van der Waals surface area contributed by atoms with E-state index in [2.05, 4.69) is 49.4 Å². The normalized spacial score (nSPS) is 12.3. The number of aryl methyl sites for hydroxylation is 1. The zero-order chi connectivity index (χ0) is 11.2. The van der Waals surface area contributed by atoms with Crippen molar-refractivity contribution in [2.75, 3.05) is 0 Å². The van der Waals surface area contributed by atoms with Crippen molar-refractivity contribution in [2.24, 2.45) is 0 Å². The van der Waals surface area contributed by atoms with Crippen molar-refractivity contribution in [3.05, 3.63) is 29.0 Å². The SMILES string of the molecule is Cc1ccc2nc(Cl)n(C(C)(C)C)c2c1. The van der Waals surface area contributed by atoms with Crippen LogP contribution in [0.25, 0.3) is 11.0 Å². The second kappa shape index (κ2) is 3.24. The Morgan fingerprint density at radius 2 is 1.93 bits per heavy atom. The molecule has 2 rings (SSSR count). The van der Waals surface area contributed by atoms with Gasteiger partial charge in [-0.2, -0.15) is 0 Å². The molecule has 0 saturated heterocycles. The molecule has 0 fully saturated rings. The Labute approximate surface area is 94.9 Å². The predicted octanol–water partition coefficient (Wildman–Crippen LogP) is 3.75. The summed E-state index contributed by atoms with van der Waals surface area (Å²) in [7, 11) is 0. The summed E-state index contributed by atoms with van der Waals surface area (Å²) in [6, 6.07) is 6.19. The highest BCUT2D eigenvalue weighted by atomic mass is 35.5. The summed E-state index contributed by atoms with van der Waals surface area (Å²) in [5.74, 6) is 0. The van der Waals surface area contributed by atoms with Gasteiger partial charge in [-0.1, -0.05) is 6.07 Å². The standard InChI is InChI=1S/C12H15ClN2/c1-8-5-6-9-10(7-8)15(11(13)14-9)12(2,3)4/h5-7H,1-4H3. The number of aromatic nitrogens is 2. The van der Waals surface area contributed by atoms with E-state index in [4.69, 9.17) is 11.6 Å². The average Bonchev–Trinajstić information content (AvgIpc) is 2.38. The maximum Gasteiger partial charge on any atom is 0.204 e. The van der Waals surface area contributed by atoms with Gasteiger partial charge in [0.1, 0.15) is 0 Å². The second-order valence-corrected chi connectivity index (χ2v) is 5.22. The predicted molar refractivity (Wildman–Crippen MR) is 64.5 cm³/mol. The Morgan fingerprint density at radius 3 is 2.53 bits per heavy atom. The van der Waals surface area contributed by atoms with Crippen molar-refractivity contribution >= 4 is 22.6 Å². The lowest BCUT2D eigenvalue weighted by Gasteiger charge is -2.22. The molecule has 0 radical (unpaired) electrons. The average molecular weight is 223 g/mol. The lowest BCUT2D eigenvalue weighted by molar-refractivity contribution is 0.409. The van der Waals surface area contributed by atoms with Crippen molar-refractivity contribution < 1.29 is 0 Å². The van der Waals surface area contributed by atoms with Gasteiger partial charge < -0.3 is 4.57 Å². The van der Waals surface area contributed by atoms with Crippen LogP contribution in [0.15, 0.2) is 18.2 Å². The Kier molecular flexibility index (Phi) is 2.27. The first-order valence-corrected chi connectivity index (χ1v) is 5.42. The van der Waals surface area contributed by atoms with E-state index in [1.165, 1.54) is 5.56 Å². The van der Waals surface area contributed by atoms with Crippen molar-refractivity contribution in [3.8, 4) is 0 Å². The van der Waals surface area contributed by atoms with Crippen molar-refractivity contribution in [2.45, 2.75) is 33.2 Å². The van der Waals surface area contributed by atoms with Crippen LogP contribution in [0.3, 0.4) is 0 Å². The number of rotatable bonds is 0. The first-order valence-electron chi connectivity index (χ1n) is 5.05. The monoisotopic (exact) mass is 222 g/mol. The molecule has 0 aliphatic carbocycles. The minimum atomic E-state index is -0.0420.